The lowest BCUT2D eigenvalue weighted by Crippen LogP contribution is -2.46. The fraction of sp³-hybridized carbons (Fsp3) is 0.917. The molecule has 0 aromatic heterocycles. The molecular formula is C12H22N2O2. The van der Waals surface area contributed by atoms with Crippen molar-refractivity contribution in [1.29, 1.82) is 0 Å². The van der Waals surface area contributed by atoms with Gasteiger partial charge in [0.1, 0.15) is 0 Å². The van der Waals surface area contributed by atoms with Crippen LogP contribution >= 0.6 is 0 Å². The van der Waals surface area contributed by atoms with Crippen molar-refractivity contribution in [3.05, 3.63) is 0 Å². The van der Waals surface area contributed by atoms with E-state index in [0.29, 0.717) is 0 Å². The van der Waals surface area contributed by atoms with E-state index in [1.165, 1.54) is 19.3 Å². The fourth-order valence-electron chi connectivity index (χ4n) is 2.71. The molecule has 1 heterocycles. The highest BCUT2D eigenvalue weighted by molar-refractivity contribution is 5.79. The van der Waals surface area contributed by atoms with Gasteiger partial charge in [-0.2, -0.15) is 0 Å². The van der Waals surface area contributed by atoms with E-state index in [1.807, 2.05) is 0 Å². The third-order valence-electron chi connectivity index (χ3n) is 3.76. The van der Waals surface area contributed by atoms with Crippen molar-refractivity contribution in [1.82, 2.24) is 10.6 Å². The van der Waals surface area contributed by atoms with Crippen molar-refractivity contribution in [2.45, 2.75) is 44.2 Å². The molecule has 2 N–H and O–H groups in total. The maximum Gasteiger partial charge on any atom is 0.223 e. The lowest BCUT2D eigenvalue weighted by atomic mass is 9.88. The number of rotatable bonds is 3. The molecule has 2 fully saturated rings. The second-order valence-corrected chi connectivity index (χ2v) is 4.88. The van der Waals surface area contributed by atoms with Gasteiger partial charge in [-0.3, -0.25) is 4.79 Å². The van der Waals surface area contributed by atoms with Gasteiger partial charge in [-0.05, 0) is 12.8 Å². The number of amides is 1. The van der Waals surface area contributed by atoms with Crippen molar-refractivity contribution >= 4 is 5.91 Å². The van der Waals surface area contributed by atoms with Gasteiger partial charge in [0.25, 0.3) is 0 Å². The molecule has 2 unspecified atom stereocenters. The zero-order valence-electron chi connectivity index (χ0n) is 10.00. The molecule has 2 atom stereocenters. The van der Waals surface area contributed by atoms with E-state index < -0.39 is 0 Å². The number of nitrogens with one attached hydrogen (secondary N) is 2. The average molecular weight is 226 g/mol. The molecule has 0 radical (unpaired) electrons. The summed E-state index contributed by atoms with van der Waals surface area (Å²) in [5.41, 5.74) is 0. The van der Waals surface area contributed by atoms with E-state index in [-0.39, 0.29) is 24.0 Å². The zero-order chi connectivity index (χ0) is 11.4. The molecule has 92 valence electrons. The van der Waals surface area contributed by atoms with E-state index >= 15 is 0 Å². The summed E-state index contributed by atoms with van der Waals surface area (Å²) >= 11 is 0. The third kappa shape index (κ3) is 2.74. The normalized spacial score (nSPS) is 31.6. The molecule has 2 rings (SSSR count). The number of carbonyl (C=O) groups excluding carboxylic acids is 1. The molecule has 1 amide bonds. The second-order valence-electron chi connectivity index (χ2n) is 4.88. The summed E-state index contributed by atoms with van der Waals surface area (Å²) in [7, 11) is 1.71. The Bertz CT molecular complexity index is 239. The highest BCUT2D eigenvalue weighted by atomic mass is 16.5. The number of methoxy groups -OCH3 is 1. The first-order valence-corrected chi connectivity index (χ1v) is 6.35. The molecule has 0 aromatic carbocycles. The Morgan fingerprint density at radius 1 is 1.25 bits per heavy atom. The van der Waals surface area contributed by atoms with E-state index in [4.69, 9.17) is 4.74 Å². The Balaban J connectivity index is 1.81. The number of hydrogen-bond donors (Lipinski definition) is 2. The Hall–Kier alpha value is -0.610. The van der Waals surface area contributed by atoms with E-state index in [0.717, 1.165) is 25.9 Å². The molecule has 4 heteroatoms. The highest BCUT2D eigenvalue weighted by Gasteiger charge is 2.30. The number of hydrogen-bond acceptors (Lipinski definition) is 3. The van der Waals surface area contributed by atoms with Crippen molar-refractivity contribution < 1.29 is 9.53 Å². The Kier molecular flexibility index (Phi) is 4.18. The van der Waals surface area contributed by atoms with Crippen LogP contribution < -0.4 is 10.6 Å². The molecule has 4 nitrogen and oxygen atoms in total. The predicted molar refractivity (Wildman–Crippen MR) is 62.2 cm³/mol. The van der Waals surface area contributed by atoms with Gasteiger partial charge in [0.15, 0.2) is 0 Å². The monoisotopic (exact) mass is 226 g/mol. The van der Waals surface area contributed by atoms with Gasteiger partial charge in [-0.15, -0.1) is 0 Å². The largest absolute Gasteiger partial charge is 0.378 e. The molecule has 0 spiro atoms. The molecule has 0 bridgehead atoms. The van der Waals surface area contributed by atoms with Gasteiger partial charge < -0.3 is 15.4 Å². The van der Waals surface area contributed by atoms with Crippen LogP contribution in [-0.4, -0.2) is 38.3 Å². The van der Waals surface area contributed by atoms with Gasteiger partial charge in [-0.25, -0.2) is 0 Å². The third-order valence-corrected chi connectivity index (χ3v) is 3.76. The van der Waals surface area contributed by atoms with Crippen molar-refractivity contribution in [3.63, 3.8) is 0 Å². The molecule has 2 aliphatic rings. The summed E-state index contributed by atoms with van der Waals surface area (Å²) in [4.78, 5) is 12.0. The minimum absolute atomic E-state index is 0.132. The van der Waals surface area contributed by atoms with Crippen LogP contribution in [-0.2, 0) is 9.53 Å². The van der Waals surface area contributed by atoms with E-state index in [1.54, 1.807) is 7.11 Å². The zero-order valence-corrected chi connectivity index (χ0v) is 10.00. The summed E-state index contributed by atoms with van der Waals surface area (Å²) in [5, 5.41) is 6.37. The smallest absolute Gasteiger partial charge is 0.223 e. The van der Waals surface area contributed by atoms with Gasteiger partial charge in [0, 0.05) is 26.1 Å². The SMILES string of the molecule is COC1CNCC1NC(=O)C1CCCCC1. The number of ether oxygens (including phenoxy) is 1. The predicted octanol–water partition coefficient (Wildman–Crippen LogP) is 0.670. The first-order valence-electron chi connectivity index (χ1n) is 6.35. The van der Waals surface area contributed by atoms with Crippen molar-refractivity contribution in [3.8, 4) is 0 Å². The molecule has 1 saturated carbocycles. The minimum Gasteiger partial charge on any atom is -0.378 e. The summed E-state index contributed by atoms with van der Waals surface area (Å²) in [6.07, 6.45) is 5.94. The minimum atomic E-state index is 0.132. The van der Waals surface area contributed by atoms with Crippen LogP contribution in [0.25, 0.3) is 0 Å². The maximum absolute atomic E-state index is 12.0. The van der Waals surface area contributed by atoms with Gasteiger partial charge in [-0.1, -0.05) is 19.3 Å². The Morgan fingerprint density at radius 3 is 2.69 bits per heavy atom. The summed E-state index contributed by atoms with van der Waals surface area (Å²) in [6.45, 7) is 1.67. The van der Waals surface area contributed by atoms with Crippen molar-refractivity contribution in [2.24, 2.45) is 5.92 Å². The standard InChI is InChI=1S/C12H22N2O2/c1-16-11-8-13-7-10(11)14-12(15)9-5-3-2-4-6-9/h9-11,13H,2-8H2,1H3,(H,14,15). The van der Waals surface area contributed by atoms with Gasteiger partial charge in [0.2, 0.25) is 5.91 Å². The van der Waals surface area contributed by atoms with E-state index in [9.17, 15) is 4.79 Å². The molecule has 1 saturated heterocycles. The van der Waals surface area contributed by atoms with Crippen LogP contribution in [0.2, 0.25) is 0 Å². The Labute approximate surface area is 97.1 Å². The number of carbonyl (C=O) groups is 1. The second kappa shape index (κ2) is 5.64. The molecule has 16 heavy (non-hydrogen) atoms. The van der Waals surface area contributed by atoms with Crippen LogP contribution in [0.3, 0.4) is 0 Å². The molecular weight excluding hydrogens is 204 g/mol. The molecule has 1 aliphatic carbocycles. The molecule has 1 aliphatic heterocycles. The summed E-state index contributed by atoms with van der Waals surface area (Å²) < 4.78 is 5.33. The summed E-state index contributed by atoms with van der Waals surface area (Å²) in [6, 6.07) is 0.152. The van der Waals surface area contributed by atoms with E-state index in [2.05, 4.69) is 10.6 Å². The Morgan fingerprint density at radius 2 is 2.00 bits per heavy atom. The van der Waals surface area contributed by atoms with Gasteiger partial charge >= 0.3 is 0 Å². The maximum atomic E-state index is 12.0. The van der Waals surface area contributed by atoms with Gasteiger partial charge in [0.05, 0.1) is 12.1 Å². The quantitative estimate of drug-likeness (QED) is 0.743. The lowest BCUT2D eigenvalue weighted by Gasteiger charge is -2.24. The van der Waals surface area contributed by atoms with Crippen LogP contribution in [0.4, 0.5) is 0 Å². The average Bonchev–Trinajstić information content (AvgIpc) is 2.77. The van der Waals surface area contributed by atoms with Crippen LogP contribution in [0.1, 0.15) is 32.1 Å². The fourth-order valence-corrected chi connectivity index (χ4v) is 2.71. The van der Waals surface area contributed by atoms with Crippen LogP contribution in [0.5, 0.6) is 0 Å². The highest BCUT2D eigenvalue weighted by Crippen LogP contribution is 2.24. The topological polar surface area (TPSA) is 50.4 Å². The van der Waals surface area contributed by atoms with Crippen LogP contribution in [0, 0.1) is 5.92 Å². The van der Waals surface area contributed by atoms with Crippen LogP contribution in [0.15, 0.2) is 0 Å². The summed E-state index contributed by atoms with van der Waals surface area (Å²) in [5.74, 6) is 0.474. The lowest BCUT2D eigenvalue weighted by molar-refractivity contribution is -0.127. The first-order chi connectivity index (χ1) is 7.81. The van der Waals surface area contributed by atoms with Crippen molar-refractivity contribution in [2.75, 3.05) is 20.2 Å². The molecule has 0 aromatic rings. The first kappa shape index (κ1) is 11.9.